The maximum atomic E-state index is 12.9. The van der Waals surface area contributed by atoms with Crippen molar-refractivity contribution in [3.05, 3.63) is 65.7 Å². The Morgan fingerprint density at radius 1 is 1.17 bits per heavy atom. The molecule has 0 saturated carbocycles. The lowest BCUT2D eigenvalue weighted by Gasteiger charge is -2.14. The molecule has 3 N–H and O–H groups in total. The van der Waals surface area contributed by atoms with Crippen molar-refractivity contribution in [3.8, 4) is 0 Å². The molecule has 6 heteroatoms. The van der Waals surface area contributed by atoms with Crippen LogP contribution >= 0.6 is 0 Å². The zero-order chi connectivity index (χ0) is 17.4. The molecule has 24 heavy (non-hydrogen) atoms. The van der Waals surface area contributed by atoms with Crippen LogP contribution in [-0.4, -0.2) is 23.3 Å². The van der Waals surface area contributed by atoms with E-state index in [0.29, 0.717) is 19.3 Å². The van der Waals surface area contributed by atoms with Crippen LogP contribution in [-0.2, 0) is 22.4 Å². The number of primary amides is 1. The van der Waals surface area contributed by atoms with Crippen LogP contribution in [0.1, 0.15) is 17.7 Å². The van der Waals surface area contributed by atoms with Gasteiger partial charge in [0.15, 0.2) is 0 Å². The van der Waals surface area contributed by atoms with E-state index in [9.17, 15) is 14.0 Å². The van der Waals surface area contributed by atoms with Crippen LogP contribution in [0.5, 0.6) is 0 Å². The van der Waals surface area contributed by atoms with Gasteiger partial charge in [0.1, 0.15) is 5.82 Å². The van der Waals surface area contributed by atoms with E-state index in [4.69, 9.17) is 5.73 Å². The zero-order valence-corrected chi connectivity index (χ0v) is 13.2. The summed E-state index contributed by atoms with van der Waals surface area (Å²) in [5.74, 6) is -1.53. The molecule has 0 unspecified atom stereocenters. The molecule has 0 aliphatic rings. The molecular weight excluding hydrogens is 309 g/mol. The molecule has 0 aliphatic heterocycles. The number of carbonyl (C=O) groups excluding carboxylic acids is 2. The van der Waals surface area contributed by atoms with Gasteiger partial charge in [0.05, 0.1) is 5.92 Å². The lowest BCUT2D eigenvalue weighted by atomic mass is 9.98. The minimum atomic E-state index is -0.533. The number of aromatic nitrogens is 1. The molecule has 0 radical (unpaired) electrons. The Labute approximate surface area is 140 Å². The molecule has 0 saturated heterocycles. The van der Waals surface area contributed by atoms with Crippen molar-refractivity contribution in [2.24, 2.45) is 11.7 Å². The van der Waals surface area contributed by atoms with Crippen molar-refractivity contribution in [2.75, 3.05) is 6.54 Å². The summed E-state index contributed by atoms with van der Waals surface area (Å²) in [6.45, 7) is 0.160. The Hall–Kier alpha value is -2.76. The van der Waals surface area contributed by atoms with Crippen LogP contribution < -0.4 is 11.1 Å². The number of nitrogens with two attached hydrogens (primary N) is 1. The van der Waals surface area contributed by atoms with E-state index in [0.717, 1.165) is 11.3 Å². The number of halogens is 1. The normalized spacial score (nSPS) is 11.7. The molecule has 1 heterocycles. The topological polar surface area (TPSA) is 85.1 Å². The number of benzene rings is 1. The van der Waals surface area contributed by atoms with Gasteiger partial charge in [-0.2, -0.15) is 0 Å². The highest BCUT2D eigenvalue weighted by atomic mass is 19.1. The number of nitrogens with one attached hydrogen (secondary N) is 1. The number of hydrogen-bond donors (Lipinski definition) is 2. The fourth-order valence-electron chi connectivity index (χ4n) is 2.29. The highest BCUT2D eigenvalue weighted by molar-refractivity contribution is 5.80. The number of hydrogen-bond acceptors (Lipinski definition) is 3. The third kappa shape index (κ3) is 5.79. The number of amides is 2. The van der Waals surface area contributed by atoms with Gasteiger partial charge in [0.2, 0.25) is 11.8 Å². The van der Waals surface area contributed by atoms with Crippen molar-refractivity contribution in [1.82, 2.24) is 10.3 Å². The van der Waals surface area contributed by atoms with Gasteiger partial charge in [-0.25, -0.2) is 4.39 Å². The highest BCUT2D eigenvalue weighted by Crippen LogP contribution is 2.10. The maximum Gasteiger partial charge on any atom is 0.222 e. The smallest absolute Gasteiger partial charge is 0.222 e. The number of aryl methyl sites for hydroxylation is 1. The lowest BCUT2D eigenvalue weighted by Crippen LogP contribution is -2.37. The lowest BCUT2D eigenvalue weighted by molar-refractivity contribution is -0.123. The van der Waals surface area contributed by atoms with E-state index in [1.54, 1.807) is 18.3 Å². The molecular formula is C18H20FN3O2. The quantitative estimate of drug-likeness (QED) is 0.771. The Balaban J connectivity index is 1.81. The second kappa shape index (κ2) is 8.76. The van der Waals surface area contributed by atoms with Gasteiger partial charge in [0.25, 0.3) is 0 Å². The van der Waals surface area contributed by atoms with Crippen LogP contribution in [0.15, 0.2) is 48.7 Å². The summed E-state index contributed by atoms with van der Waals surface area (Å²) in [7, 11) is 0. The largest absolute Gasteiger partial charge is 0.369 e. The second-order valence-electron chi connectivity index (χ2n) is 5.56. The first-order chi connectivity index (χ1) is 11.5. The number of pyridine rings is 1. The first-order valence-corrected chi connectivity index (χ1v) is 7.75. The fourth-order valence-corrected chi connectivity index (χ4v) is 2.29. The van der Waals surface area contributed by atoms with E-state index in [1.165, 1.54) is 12.1 Å². The molecule has 126 valence electrons. The Bertz CT molecular complexity index is 674. The predicted octanol–water partition coefficient (Wildman–Crippen LogP) is 1.61. The highest BCUT2D eigenvalue weighted by Gasteiger charge is 2.17. The molecule has 0 fully saturated rings. The zero-order valence-electron chi connectivity index (χ0n) is 13.2. The van der Waals surface area contributed by atoms with Gasteiger partial charge in [-0.1, -0.05) is 18.2 Å². The average Bonchev–Trinajstić information content (AvgIpc) is 2.59. The maximum absolute atomic E-state index is 12.9. The number of carbonyl (C=O) groups is 2. The van der Waals surface area contributed by atoms with Gasteiger partial charge in [-0.05, 0) is 42.7 Å². The third-order valence-corrected chi connectivity index (χ3v) is 3.68. The Kier molecular flexibility index (Phi) is 6.42. The van der Waals surface area contributed by atoms with E-state index < -0.39 is 11.8 Å². The first kappa shape index (κ1) is 17.6. The van der Waals surface area contributed by atoms with Crippen LogP contribution in [0.2, 0.25) is 0 Å². The fraction of sp³-hybridized carbons (Fsp3) is 0.278. The SMILES string of the molecule is NC(=O)[C@H](CNC(=O)CCc1ccccn1)Cc1ccc(F)cc1. The molecule has 5 nitrogen and oxygen atoms in total. The Morgan fingerprint density at radius 2 is 1.92 bits per heavy atom. The molecule has 1 aromatic carbocycles. The Morgan fingerprint density at radius 3 is 2.54 bits per heavy atom. The van der Waals surface area contributed by atoms with Crippen LogP contribution in [0.4, 0.5) is 4.39 Å². The molecule has 1 aromatic heterocycles. The van der Waals surface area contributed by atoms with Crippen molar-refractivity contribution in [1.29, 1.82) is 0 Å². The number of nitrogens with zero attached hydrogens (tertiary/aromatic N) is 1. The van der Waals surface area contributed by atoms with Gasteiger partial charge in [0, 0.05) is 24.9 Å². The van der Waals surface area contributed by atoms with E-state index in [-0.39, 0.29) is 18.3 Å². The molecule has 1 atom stereocenters. The molecule has 2 rings (SSSR count). The van der Waals surface area contributed by atoms with Crippen molar-refractivity contribution in [2.45, 2.75) is 19.3 Å². The van der Waals surface area contributed by atoms with E-state index in [1.807, 2.05) is 18.2 Å². The van der Waals surface area contributed by atoms with Gasteiger partial charge < -0.3 is 11.1 Å². The average molecular weight is 329 g/mol. The monoisotopic (exact) mass is 329 g/mol. The molecule has 0 aliphatic carbocycles. The summed E-state index contributed by atoms with van der Waals surface area (Å²) in [4.78, 5) is 27.6. The first-order valence-electron chi connectivity index (χ1n) is 7.75. The van der Waals surface area contributed by atoms with Gasteiger partial charge >= 0.3 is 0 Å². The van der Waals surface area contributed by atoms with E-state index >= 15 is 0 Å². The molecule has 0 bridgehead atoms. The predicted molar refractivity (Wildman–Crippen MR) is 88.4 cm³/mol. The second-order valence-corrected chi connectivity index (χ2v) is 5.56. The molecule has 2 aromatic rings. The summed E-state index contributed by atoms with van der Waals surface area (Å²) >= 11 is 0. The van der Waals surface area contributed by atoms with Crippen LogP contribution in [0.25, 0.3) is 0 Å². The van der Waals surface area contributed by atoms with Gasteiger partial charge in [-0.3, -0.25) is 14.6 Å². The molecule has 0 spiro atoms. The van der Waals surface area contributed by atoms with Crippen molar-refractivity contribution < 1.29 is 14.0 Å². The summed E-state index contributed by atoms with van der Waals surface area (Å²) in [6, 6.07) is 11.4. The minimum absolute atomic E-state index is 0.160. The summed E-state index contributed by atoms with van der Waals surface area (Å²) in [6.07, 6.45) is 2.86. The van der Waals surface area contributed by atoms with Crippen molar-refractivity contribution >= 4 is 11.8 Å². The third-order valence-electron chi connectivity index (χ3n) is 3.68. The summed E-state index contributed by atoms with van der Waals surface area (Å²) in [5.41, 5.74) is 7.02. The van der Waals surface area contributed by atoms with E-state index in [2.05, 4.69) is 10.3 Å². The van der Waals surface area contributed by atoms with Crippen molar-refractivity contribution in [3.63, 3.8) is 0 Å². The van der Waals surface area contributed by atoms with Crippen LogP contribution in [0.3, 0.4) is 0 Å². The number of rotatable bonds is 8. The standard InChI is InChI=1S/C18H20FN3O2/c19-15-6-4-13(5-7-15)11-14(18(20)24)12-22-17(23)9-8-16-3-1-2-10-21-16/h1-7,10,14H,8-9,11-12H2,(H2,20,24)(H,22,23)/t14-/m0/s1. The molecule has 2 amide bonds. The minimum Gasteiger partial charge on any atom is -0.369 e. The van der Waals surface area contributed by atoms with Crippen LogP contribution in [0, 0.1) is 11.7 Å². The summed E-state index contributed by atoms with van der Waals surface area (Å²) in [5, 5.41) is 2.72. The van der Waals surface area contributed by atoms with Gasteiger partial charge in [-0.15, -0.1) is 0 Å². The summed E-state index contributed by atoms with van der Waals surface area (Å²) < 4.78 is 12.9.